The maximum atomic E-state index is 6.13. The first kappa shape index (κ1) is 14.0. The van der Waals surface area contributed by atoms with E-state index in [1.807, 2.05) is 0 Å². The number of hydrogen-bond donors (Lipinski definition) is 0. The first-order valence-electron chi connectivity index (χ1n) is 6.87. The molecule has 1 fully saturated rings. The van der Waals surface area contributed by atoms with Crippen LogP contribution in [0.1, 0.15) is 53.4 Å². The van der Waals surface area contributed by atoms with Crippen LogP contribution >= 0.6 is 0 Å². The second kappa shape index (κ2) is 6.61. The van der Waals surface area contributed by atoms with Crippen molar-refractivity contribution in [1.29, 1.82) is 0 Å². The van der Waals surface area contributed by atoms with Crippen LogP contribution in [0.4, 0.5) is 0 Å². The standard InChI is InChI=1S/C14H28O2/c1-6-9-13-11(7-2)10(4)12(8-3)14(15-5)16-13/h10-14H,6-9H2,1-5H3/t10?,11-,12?,13?,14+/m0/s1. The molecule has 0 bridgehead atoms. The van der Waals surface area contributed by atoms with E-state index in [2.05, 4.69) is 27.7 Å². The van der Waals surface area contributed by atoms with Gasteiger partial charge in [0.25, 0.3) is 0 Å². The van der Waals surface area contributed by atoms with E-state index in [0.717, 1.165) is 6.42 Å². The van der Waals surface area contributed by atoms with Gasteiger partial charge in [-0.3, -0.25) is 0 Å². The lowest BCUT2D eigenvalue weighted by Crippen LogP contribution is -2.47. The Bertz CT molecular complexity index is 191. The maximum absolute atomic E-state index is 6.13. The van der Waals surface area contributed by atoms with E-state index in [0.29, 0.717) is 23.9 Å². The fourth-order valence-electron chi connectivity index (χ4n) is 3.27. The summed E-state index contributed by atoms with van der Waals surface area (Å²) in [6.45, 7) is 9.13. The highest BCUT2D eigenvalue weighted by molar-refractivity contribution is 4.85. The van der Waals surface area contributed by atoms with Gasteiger partial charge in [0.2, 0.25) is 0 Å². The van der Waals surface area contributed by atoms with E-state index in [1.54, 1.807) is 7.11 Å². The Morgan fingerprint density at radius 3 is 2.12 bits per heavy atom. The van der Waals surface area contributed by atoms with Crippen LogP contribution in [0.25, 0.3) is 0 Å². The molecule has 0 amide bonds. The van der Waals surface area contributed by atoms with Crippen molar-refractivity contribution in [3.05, 3.63) is 0 Å². The highest BCUT2D eigenvalue weighted by Crippen LogP contribution is 2.40. The summed E-state index contributed by atoms with van der Waals surface area (Å²) in [5.41, 5.74) is 0. The summed E-state index contributed by atoms with van der Waals surface area (Å²) in [5, 5.41) is 0. The molecule has 0 aromatic rings. The largest absolute Gasteiger partial charge is 0.356 e. The van der Waals surface area contributed by atoms with Gasteiger partial charge in [-0.2, -0.15) is 0 Å². The fourth-order valence-corrected chi connectivity index (χ4v) is 3.27. The van der Waals surface area contributed by atoms with Gasteiger partial charge < -0.3 is 9.47 Å². The molecule has 0 saturated carbocycles. The van der Waals surface area contributed by atoms with Crippen LogP contribution in [-0.4, -0.2) is 19.5 Å². The summed E-state index contributed by atoms with van der Waals surface area (Å²) >= 11 is 0. The molecule has 2 nitrogen and oxygen atoms in total. The molecule has 1 saturated heterocycles. The van der Waals surface area contributed by atoms with Crippen LogP contribution in [0.3, 0.4) is 0 Å². The van der Waals surface area contributed by atoms with Crippen LogP contribution < -0.4 is 0 Å². The zero-order chi connectivity index (χ0) is 12.1. The third-order valence-electron chi connectivity index (χ3n) is 4.24. The zero-order valence-corrected chi connectivity index (χ0v) is 11.5. The van der Waals surface area contributed by atoms with Gasteiger partial charge in [-0.15, -0.1) is 0 Å². The van der Waals surface area contributed by atoms with Crippen molar-refractivity contribution in [2.24, 2.45) is 17.8 Å². The highest BCUT2D eigenvalue weighted by atomic mass is 16.7. The Labute approximate surface area is 101 Å². The number of rotatable bonds is 5. The average molecular weight is 228 g/mol. The topological polar surface area (TPSA) is 18.5 Å². The quantitative estimate of drug-likeness (QED) is 0.711. The van der Waals surface area contributed by atoms with E-state index in [1.165, 1.54) is 19.3 Å². The number of methoxy groups -OCH3 is 1. The highest BCUT2D eigenvalue weighted by Gasteiger charge is 2.41. The lowest BCUT2D eigenvalue weighted by Gasteiger charge is -2.45. The van der Waals surface area contributed by atoms with Crippen molar-refractivity contribution >= 4 is 0 Å². The first-order chi connectivity index (χ1) is 7.69. The molecule has 3 unspecified atom stereocenters. The van der Waals surface area contributed by atoms with Gasteiger partial charge >= 0.3 is 0 Å². The van der Waals surface area contributed by atoms with Gasteiger partial charge in [0.05, 0.1) is 6.10 Å². The summed E-state index contributed by atoms with van der Waals surface area (Å²) in [4.78, 5) is 0. The van der Waals surface area contributed by atoms with Crippen molar-refractivity contribution in [2.75, 3.05) is 7.11 Å². The minimum Gasteiger partial charge on any atom is -0.356 e. The molecule has 0 N–H and O–H groups in total. The molecule has 2 heteroatoms. The van der Waals surface area contributed by atoms with E-state index in [4.69, 9.17) is 9.47 Å². The molecule has 0 aromatic carbocycles. The molecule has 0 radical (unpaired) electrons. The van der Waals surface area contributed by atoms with Crippen LogP contribution in [0.15, 0.2) is 0 Å². The first-order valence-corrected chi connectivity index (χ1v) is 6.87. The van der Waals surface area contributed by atoms with Gasteiger partial charge in [0.1, 0.15) is 0 Å². The van der Waals surface area contributed by atoms with Crippen LogP contribution in [0, 0.1) is 17.8 Å². The zero-order valence-electron chi connectivity index (χ0n) is 11.5. The predicted molar refractivity (Wildman–Crippen MR) is 67.3 cm³/mol. The Balaban J connectivity index is 2.75. The summed E-state index contributed by atoms with van der Waals surface area (Å²) in [6, 6.07) is 0. The molecule has 1 aliphatic rings. The second-order valence-corrected chi connectivity index (χ2v) is 5.07. The monoisotopic (exact) mass is 228 g/mol. The lowest BCUT2D eigenvalue weighted by molar-refractivity contribution is -0.245. The van der Waals surface area contributed by atoms with E-state index < -0.39 is 0 Å². The average Bonchev–Trinajstić information content (AvgIpc) is 2.29. The molecule has 1 heterocycles. The van der Waals surface area contributed by atoms with Crippen LogP contribution in [0.2, 0.25) is 0 Å². The van der Waals surface area contributed by atoms with E-state index in [-0.39, 0.29) is 6.29 Å². The summed E-state index contributed by atoms with van der Waals surface area (Å²) < 4.78 is 11.6. The third-order valence-corrected chi connectivity index (χ3v) is 4.24. The smallest absolute Gasteiger partial charge is 0.160 e. The second-order valence-electron chi connectivity index (χ2n) is 5.07. The van der Waals surface area contributed by atoms with Gasteiger partial charge in [0.15, 0.2) is 6.29 Å². The van der Waals surface area contributed by atoms with Gasteiger partial charge in [-0.05, 0) is 24.7 Å². The van der Waals surface area contributed by atoms with Crippen LogP contribution in [-0.2, 0) is 9.47 Å². The van der Waals surface area contributed by atoms with Crippen molar-refractivity contribution in [3.8, 4) is 0 Å². The van der Waals surface area contributed by atoms with Crippen molar-refractivity contribution in [3.63, 3.8) is 0 Å². The van der Waals surface area contributed by atoms with E-state index in [9.17, 15) is 0 Å². The molecule has 0 aromatic heterocycles. The van der Waals surface area contributed by atoms with Crippen LogP contribution in [0.5, 0.6) is 0 Å². The predicted octanol–water partition coefficient (Wildman–Crippen LogP) is 3.85. The molecular formula is C14H28O2. The Kier molecular flexibility index (Phi) is 5.77. The summed E-state index contributed by atoms with van der Waals surface area (Å²) in [6.07, 6.45) is 5.14. The Morgan fingerprint density at radius 2 is 1.69 bits per heavy atom. The SMILES string of the molecule is CCCC1O[C@@H](OC)C(CC)C(C)[C@@H]1CC. The van der Waals surface area contributed by atoms with Gasteiger partial charge in [0, 0.05) is 13.0 Å². The normalized spacial score (nSPS) is 39.9. The molecule has 0 aliphatic carbocycles. The molecule has 16 heavy (non-hydrogen) atoms. The molecule has 1 aliphatic heterocycles. The molecule has 0 spiro atoms. The van der Waals surface area contributed by atoms with Gasteiger partial charge in [-0.1, -0.05) is 40.5 Å². The summed E-state index contributed by atoms with van der Waals surface area (Å²) in [7, 11) is 1.77. The molecule has 96 valence electrons. The third kappa shape index (κ3) is 2.78. The Morgan fingerprint density at radius 1 is 1.06 bits per heavy atom. The van der Waals surface area contributed by atoms with Crippen molar-refractivity contribution in [2.45, 2.75) is 65.8 Å². The number of ether oxygens (including phenoxy) is 2. The molecule has 5 atom stereocenters. The van der Waals surface area contributed by atoms with Gasteiger partial charge in [-0.25, -0.2) is 0 Å². The fraction of sp³-hybridized carbons (Fsp3) is 1.00. The summed E-state index contributed by atoms with van der Waals surface area (Å²) in [5.74, 6) is 1.98. The minimum atomic E-state index is 0.0133. The molecular weight excluding hydrogens is 200 g/mol. The molecule has 1 rings (SSSR count). The minimum absolute atomic E-state index is 0.0133. The Hall–Kier alpha value is -0.0800. The van der Waals surface area contributed by atoms with Crippen molar-refractivity contribution < 1.29 is 9.47 Å². The number of hydrogen-bond acceptors (Lipinski definition) is 2. The van der Waals surface area contributed by atoms with E-state index >= 15 is 0 Å². The maximum Gasteiger partial charge on any atom is 0.160 e. The van der Waals surface area contributed by atoms with Crippen molar-refractivity contribution in [1.82, 2.24) is 0 Å². The lowest BCUT2D eigenvalue weighted by atomic mass is 9.74.